The largest absolute Gasteiger partial charge is 0.482 e. The van der Waals surface area contributed by atoms with Gasteiger partial charge in [0.1, 0.15) is 11.8 Å². The second-order valence-electron chi connectivity index (χ2n) is 6.19. The molecule has 2 aromatic rings. The normalized spacial score (nSPS) is 11.7. The molecule has 1 N–H and O–H groups in total. The zero-order valence-corrected chi connectivity index (χ0v) is 18.9. The van der Waals surface area contributed by atoms with Crippen LogP contribution in [0.25, 0.3) is 0 Å². The summed E-state index contributed by atoms with van der Waals surface area (Å²) in [6, 6.07) is 8.94. The molecule has 0 radical (unpaired) electrons. The van der Waals surface area contributed by atoms with Crippen LogP contribution in [0.2, 0.25) is 20.1 Å². The van der Waals surface area contributed by atoms with Crippen LogP contribution in [0, 0.1) is 0 Å². The Balaban J connectivity index is 2.20. The van der Waals surface area contributed by atoms with Gasteiger partial charge in [-0.3, -0.25) is 9.59 Å². The highest BCUT2D eigenvalue weighted by Gasteiger charge is 2.27. The van der Waals surface area contributed by atoms with Crippen molar-refractivity contribution in [3.63, 3.8) is 0 Å². The molecule has 2 aromatic carbocycles. The summed E-state index contributed by atoms with van der Waals surface area (Å²) in [5, 5.41) is 4.34. The number of carbonyl (C=O) groups excluding carboxylic acids is 2. The van der Waals surface area contributed by atoms with Crippen molar-refractivity contribution in [3.05, 3.63) is 62.1 Å². The van der Waals surface area contributed by atoms with Gasteiger partial charge in [0.2, 0.25) is 5.91 Å². The monoisotopic (exact) mass is 476 g/mol. The van der Waals surface area contributed by atoms with Crippen LogP contribution in [-0.4, -0.2) is 35.9 Å². The molecule has 0 saturated carbocycles. The van der Waals surface area contributed by atoms with Gasteiger partial charge in [0.05, 0.1) is 5.02 Å². The molecule has 0 bridgehead atoms. The number of nitrogens with one attached hydrogen (secondary N) is 1. The highest BCUT2D eigenvalue weighted by atomic mass is 35.5. The van der Waals surface area contributed by atoms with Crippen molar-refractivity contribution < 1.29 is 14.3 Å². The van der Waals surface area contributed by atoms with E-state index >= 15 is 0 Å². The number of hydrogen-bond donors (Lipinski definition) is 1. The maximum Gasteiger partial charge on any atom is 0.261 e. The van der Waals surface area contributed by atoms with Crippen LogP contribution in [0.15, 0.2) is 36.4 Å². The molecule has 0 spiro atoms. The SMILES string of the molecule is CCNC(=O)C(C)N(Cc1ccc(Cl)cc1Cl)C(=O)COc1ccc(Cl)cc1Cl. The van der Waals surface area contributed by atoms with E-state index in [0.29, 0.717) is 32.9 Å². The number of carbonyl (C=O) groups is 2. The summed E-state index contributed by atoms with van der Waals surface area (Å²) in [6.07, 6.45) is 0. The first-order valence-corrected chi connectivity index (χ1v) is 10.3. The topological polar surface area (TPSA) is 58.6 Å². The van der Waals surface area contributed by atoms with Gasteiger partial charge in [-0.2, -0.15) is 0 Å². The van der Waals surface area contributed by atoms with E-state index in [1.165, 1.54) is 11.0 Å². The summed E-state index contributed by atoms with van der Waals surface area (Å²) < 4.78 is 5.54. The van der Waals surface area contributed by atoms with Crippen molar-refractivity contribution in [1.82, 2.24) is 10.2 Å². The molecule has 1 unspecified atom stereocenters. The molecule has 2 rings (SSSR count). The van der Waals surface area contributed by atoms with Gasteiger partial charge in [-0.05, 0) is 49.7 Å². The number of halogens is 4. The van der Waals surface area contributed by atoms with Crippen LogP contribution in [0.3, 0.4) is 0 Å². The molecule has 0 aliphatic carbocycles. The van der Waals surface area contributed by atoms with Gasteiger partial charge < -0.3 is 15.0 Å². The number of rotatable bonds is 8. The van der Waals surface area contributed by atoms with Gasteiger partial charge in [0.15, 0.2) is 6.61 Å². The number of likely N-dealkylation sites (N-methyl/N-ethyl adjacent to an activating group) is 1. The van der Waals surface area contributed by atoms with Crippen LogP contribution in [0.1, 0.15) is 19.4 Å². The third-order valence-electron chi connectivity index (χ3n) is 4.12. The van der Waals surface area contributed by atoms with Gasteiger partial charge in [-0.15, -0.1) is 0 Å². The summed E-state index contributed by atoms with van der Waals surface area (Å²) in [5.74, 6) is -0.365. The fourth-order valence-corrected chi connectivity index (χ4v) is 3.48. The quantitative estimate of drug-likeness (QED) is 0.566. The highest BCUT2D eigenvalue weighted by molar-refractivity contribution is 6.35. The van der Waals surface area contributed by atoms with Crippen molar-refractivity contribution in [2.75, 3.05) is 13.2 Å². The van der Waals surface area contributed by atoms with Gasteiger partial charge in [0.25, 0.3) is 5.91 Å². The van der Waals surface area contributed by atoms with E-state index < -0.39 is 11.9 Å². The molecule has 0 aliphatic heterocycles. The summed E-state index contributed by atoms with van der Waals surface area (Å²) in [7, 11) is 0. The van der Waals surface area contributed by atoms with E-state index in [4.69, 9.17) is 51.1 Å². The van der Waals surface area contributed by atoms with Crippen molar-refractivity contribution in [2.45, 2.75) is 26.4 Å². The lowest BCUT2D eigenvalue weighted by Crippen LogP contribution is -2.49. The first kappa shape index (κ1) is 23.6. The Bertz CT molecular complexity index is 892. The van der Waals surface area contributed by atoms with Crippen LogP contribution in [0.4, 0.5) is 0 Å². The lowest BCUT2D eigenvalue weighted by molar-refractivity contribution is -0.142. The lowest BCUT2D eigenvalue weighted by atomic mass is 10.1. The number of benzene rings is 2. The van der Waals surface area contributed by atoms with E-state index in [1.807, 2.05) is 0 Å². The predicted octanol–water partition coefficient (Wildman–Crippen LogP) is 5.23. The van der Waals surface area contributed by atoms with E-state index in [-0.39, 0.29) is 24.1 Å². The van der Waals surface area contributed by atoms with Gasteiger partial charge >= 0.3 is 0 Å². The molecule has 2 amide bonds. The molecule has 156 valence electrons. The first-order chi connectivity index (χ1) is 13.7. The molecule has 0 aromatic heterocycles. The summed E-state index contributed by atoms with van der Waals surface area (Å²) in [5.41, 5.74) is 0.657. The minimum Gasteiger partial charge on any atom is -0.482 e. The molecular formula is C20H20Cl4N2O3. The lowest BCUT2D eigenvalue weighted by Gasteiger charge is -2.29. The Morgan fingerprint density at radius 3 is 2.24 bits per heavy atom. The third kappa shape index (κ3) is 6.68. The average Bonchev–Trinajstić information content (AvgIpc) is 2.66. The molecule has 9 heteroatoms. The Labute approximate surface area is 189 Å². The predicted molar refractivity (Wildman–Crippen MR) is 117 cm³/mol. The second kappa shape index (κ2) is 10.9. The Morgan fingerprint density at radius 2 is 1.66 bits per heavy atom. The van der Waals surface area contributed by atoms with Gasteiger partial charge in [-0.25, -0.2) is 0 Å². The highest BCUT2D eigenvalue weighted by Crippen LogP contribution is 2.28. The molecular weight excluding hydrogens is 458 g/mol. The molecule has 1 atom stereocenters. The molecule has 0 aliphatic rings. The number of amides is 2. The Kier molecular flexibility index (Phi) is 8.90. The average molecular weight is 478 g/mol. The number of nitrogens with zero attached hydrogens (tertiary/aromatic N) is 1. The molecule has 0 saturated heterocycles. The van der Waals surface area contributed by atoms with E-state index in [2.05, 4.69) is 5.32 Å². The number of ether oxygens (including phenoxy) is 1. The van der Waals surface area contributed by atoms with Crippen molar-refractivity contribution in [3.8, 4) is 5.75 Å². The van der Waals surface area contributed by atoms with E-state index in [1.54, 1.807) is 44.2 Å². The van der Waals surface area contributed by atoms with Crippen LogP contribution in [-0.2, 0) is 16.1 Å². The maximum absolute atomic E-state index is 12.9. The summed E-state index contributed by atoms with van der Waals surface area (Å²) in [6.45, 7) is 3.70. The maximum atomic E-state index is 12.9. The second-order valence-corrected chi connectivity index (χ2v) is 7.88. The zero-order valence-electron chi connectivity index (χ0n) is 15.8. The molecule has 5 nitrogen and oxygen atoms in total. The minimum atomic E-state index is -0.738. The summed E-state index contributed by atoms with van der Waals surface area (Å²) in [4.78, 5) is 26.7. The Hall–Kier alpha value is -1.66. The fourth-order valence-electron chi connectivity index (χ4n) is 2.55. The molecule has 0 heterocycles. The Morgan fingerprint density at radius 1 is 1.03 bits per heavy atom. The van der Waals surface area contributed by atoms with Crippen LogP contribution >= 0.6 is 46.4 Å². The van der Waals surface area contributed by atoms with Crippen molar-refractivity contribution in [1.29, 1.82) is 0 Å². The zero-order chi connectivity index (χ0) is 21.6. The molecule has 29 heavy (non-hydrogen) atoms. The van der Waals surface area contributed by atoms with E-state index in [9.17, 15) is 9.59 Å². The van der Waals surface area contributed by atoms with Crippen molar-refractivity contribution >= 4 is 58.2 Å². The fraction of sp³-hybridized carbons (Fsp3) is 0.300. The van der Waals surface area contributed by atoms with Crippen molar-refractivity contribution in [2.24, 2.45) is 0 Å². The first-order valence-electron chi connectivity index (χ1n) is 8.81. The van der Waals surface area contributed by atoms with Crippen LogP contribution in [0.5, 0.6) is 5.75 Å². The standard InChI is InChI=1S/C20H20Cl4N2O3/c1-3-25-20(28)12(2)26(10-13-4-5-14(21)8-16(13)23)19(27)11-29-18-7-6-15(22)9-17(18)24/h4-9,12H,3,10-11H2,1-2H3,(H,25,28). The van der Waals surface area contributed by atoms with Crippen LogP contribution < -0.4 is 10.1 Å². The number of hydrogen-bond acceptors (Lipinski definition) is 3. The van der Waals surface area contributed by atoms with Gasteiger partial charge in [0, 0.05) is 28.2 Å². The smallest absolute Gasteiger partial charge is 0.261 e. The van der Waals surface area contributed by atoms with E-state index in [0.717, 1.165) is 0 Å². The third-order valence-corrected chi connectivity index (χ3v) is 5.24. The summed E-state index contributed by atoms with van der Waals surface area (Å²) >= 11 is 24.1. The minimum absolute atomic E-state index is 0.116. The van der Waals surface area contributed by atoms with Gasteiger partial charge in [-0.1, -0.05) is 52.5 Å². The molecule has 0 fully saturated rings.